The van der Waals surface area contributed by atoms with Crippen molar-refractivity contribution in [1.29, 1.82) is 0 Å². The van der Waals surface area contributed by atoms with Gasteiger partial charge in [0.05, 0.1) is 11.5 Å². The van der Waals surface area contributed by atoms with Crippen molar-refractivity contribution in [2.24, 2.45) is 5.92 Å². The van der Waals surface area contributed by atoms with E-state index in [1.807, 2.05) is 64.4 Å². The van der Waals surface area contributed by atoms with Crippen molar-refractivity contribution in [1.82, 2.24) is 9.80 Å². The molecule has 0 aromatic heterocycles. The van der Waals surface area contributed by atoms with E-state index in [0.717, 1.165) is 84.7 Å². The van der Waals surface area contributed by atoms with E-state index in [1.165, 1.54) is 0 Å². The van der Waals surface area contributed by atoms with Gasteiger partial charge in [0.15, 0.2) is 0 Å². The number of likely N-dealkylation sites (tertiary alicyclic amines) is 2. The number of hydrogen-bond donors (Lipinski definition) is 0. The Labute approximate surface area is 231 Å². The Morgan fingerprint density at radius 3 is 2.05 bits per heavy atom. The number of anilines is 1. The van der Waals surface area contributed by atoms with Crippen LogP contribution in [0, 0.1) is 5.92 Å². The zero-order valence-corrected chi connectivity index (χ0v) is 22.8. The summed E-state index contributed by atoms with van der Waals surface area (Å²) < 4.78 is 0. The van der Waals surface area contributed by atoms with Crippen molar-refractivity contribution in [2.75, 3.05) is 37.6 Å². The van der Waals surface area contributed by atoms with Crippen LogP contribution in [0.4, 0.5) is 5.69 Å². The standard InChI is InChI=1S/C34H37N3O2/c1-2-37(29-14-4-3-5-15-29)33(38)27-13-10-20-36(24-27)28-18-21-35(22-19-28)34(39)32-30-16-8-6-11-25(30)23-26-12-7-9-17-31(26)32/h3-9,11-12,14-17,23,27-28H,2,10,13,18-22,24H2,1H3/t27-/m1/s1. The maximum Gasteiger partial charge on any atom is 0.255 e. The second-order valence-corrected chi connectivity index (χ2v) is 11.0. The number of para-hydroxylation sites is 1. The molecule has 5 heteroatoms. The third-order valence-electron chi connectivity index (χ3n) is 8.71. The molecule has 0 saturated carbocycles. The van der Waals surface area contributed by atoms with E-state index in [2.05, 4.69) is 42.2 Å². The Morgan fingerprint density at radius 1 is 0.795 bits per heavy atom. The Kier molecular flexibility index (Phi) is 7.34. The lowest BCUT2D eigenvalue weighted by Gasteiger charge is -2.42. The first-order chi connectivity index (χ1) is 19.1. The first-order valence-corrected chi connectivity index (χ1v) is 14.4. The molecule has 2 aliphatic rings. The minimum absolute atomic E-state index is 0.0283. The van der Waals surface area contributed by atoms with Gasteiger partial charge in [0, 0.05) is 37.9 Å². The largest absolute Gasteiger partial charge is 0.338 e. The highest BCUT2D eigenvalue weighted by Crippen LogP contribution is 2.32. The van der Waals surface area contributed by atoms with Crippen LogP contribution in [0.3, 0.4) is 0 Å². The lowest BCUT2D eigenvalue weighted by Crippen LogP contribution is -2.52. The molecule has 4 aromatic carbocycles. The van der Waals surface area contributed by atoms with Gasteiger partial charge in [-0.2, -0.15) is 0 Å². The Hall–Kier alpha value is -3.70. The molecule has 0 N–H and O–H groups in total. The summed E-state index contributed by atoms with van der Waals surface area (Å²) in [7, 11) is 0. The van der Waals surface area contributed by atoms with Crippen molar-refractivity contribution in [3.05, 3.63) is 90.5 Å². The zero-order valence-electron chi connectivity index (χ0n) is 22.8. The molecule has 2 fully saturated rings. The molecule has 0 bridgehead atoms. The fraction of sp³-hybridized carbons (Fsp3) is 0.353. The molecule has 0 unspecified atom stereocenters. The number of hydrogen-bond acceptors (Lipinski definition) is 3. The van der Waals surface area contributed by atoms with Gasteiger partial charge in [0.2, 0.25) is 5.91 Å². The molecule has 4 aromatic rings. The highest BCUT2D eigenvalue weighted by Gasteiger charge is 2.34. The lowest BCUT2D eigenvalue weighted by molar-refractivity contribution is -0.124. The average molecular weight is 520 g/mol. The molecule has 2 saturated heterocycles. The van der Waals surface area contributed by atoms with Crippen LogP contribution in [-0.2, 0) is 4.79 Å². The number of fused-ring (bicyclic) bond motifs is 2. The van der Waals surface area contributed by atoms with Gasteiger partial charge >= 0.3 is 0 Å². The molecular weight excluding hydrogens is 482 g/mol. The average Bonchev–Trinajstić information content (AvgIpc) is 3.00. The number of amides is 2. The van der Waals surface area contributed by atoms with Gasteiger partial charge in [-0.15, -0.1) is 0 Å². The second-order valence-electron chi connectivity index (χ2n) is 11.0. The van der Waals surface area contributed by atoms with E-state index in [4.69, 9.17) is 0 Å². The van der Waals surface area contributed by atoms with Crippen molar-refractivity contribution >= 4 is 39.0 Å². The van der Waals surface area contributed by atoms with Gasteiger partial charge in [-0.1, -0.05) is 66.7 Å². The van der Waals surface area contributed by atoms with Gasteiger partial charge in [0.25, 0.3) is 5.91 Å². The number of benzene rings is 4. The van der Waals surface area contributed by atoms with Crippen LogP contribution in [0.2, 0.25) is 0 Å². The van der Waals surface area contributed by atoms with Gasteiger partial charge in [-0.3, -0.25) is 14.5 Å². The Bertz CT molecular complexity index is 1420. The van der Waals surface area contributed by atoms with Crippen LogP contribution in [0.5, 0.6) is 0 Å². The smallest absolute Gasteiger partial charge is 0.255 e. The summed E-state index contributed by atoms with van der Waals surface area (Å²) in [4.78, 5) is 34.0. The van der Waals surface area contributed by atoms with E-state index in [1.54, 1.807) is 0 Å². The summed E-state index contributed by atoms with van der Waals surface area (Å²) in [6.45, 7) is 6.09. The monoisotopic (exact) mass is 519 g/mol. The summed E-state index contributed by atoms with van der Waals surface area (Å²) in [5.41, 5.74) is 1.81. The molecule has 6 rings (SSSR count). The van der Waals surface area contributed by atoms with E-state index in [9.17, 15) is 9.59 Å². The quantitative estimate of drug-likeness (QED) is 0.288. The summed E-state index contributed by atoms with van der Waals surface area (Å²) in [6.07, 6.45) is 3.89. The minimum Gasteiger partial charge on any atom is -0.338 e. The number of carbonyl (C=O) groups is 2. The van der Waals surface area contributed by atoms with E-state index < -0.39 is 0 Å². The van der Waals surface area contributed by atoms with Gasteiger partial charge in [0.1, 0.15) is 0 Å². The topological polar surface area (TPSA) is 43.9 Å². The van der Waals surface area contributed by atoms with Gasteiger partial charge < -0.3 is 9.80 Å². The molecule has 2 heterocycles. The summed E-state index contributed by atoms with van der Waals surface area (Å²) >= 11 is 0. The molecule has 200 valence electrons. The Balaban J connectivity index is 1.15. The van der Waals surface area contributed by atoms with Gasteiger partial charge in [-0.25, -0.2) is 0 Å². The molecular formula is C34H37N3O2. The molecule has 5 nitrogen and oxygen atoms in total. The predicted octanol–water partition coefficient (Wildman–Crippen LogP) is 6.36. The minimum atomic E-state index is 0.0283. The SMILES string of the molecule is CCN(C(=O)[C@@H]1CCCN(C2CCN(C(=O)c3c4ccccc4cc4ccccc34)CC2)C1)c1ccccc1. The van der Waals surface area contributed by atoms with Crippen LogP contribution in [0.15, 0.2) is 84.9 Å². The predicted molar refractivity (Wildman–Crippen MR) is 159 cm³/mol. The summed E-state index contributed by atoms with van der Waals surface area (Å²) in [5, 5.41) is 4.27. The van der Waals surface area contributed by atoms with Crippen LogP contribution >= 0.6 is 0 Å². The second kappa shape index (κ2) is 11.2. The first kappa shape index (κ1) is 25.6. The number of rotatable bonds is 5. The Morgan fingerprint density at radius 2 is 1.41 bits per heavy atom. The molecule has 0 aliphatic carbocycles. The normalized spacial score (nSPS) is 18.9. The molecule has 39 heavy (non-hydrogen) atoms. The molecule has 2 amide bonds. The fourth-order valence-corrected chi connectivity index (χ4v) is 6.67. The molecule has 0 radical (unpaired) electrons. The zero-order chi connectivity index (χ0) is 26.8. The van der Waals surface area contributed by atoms with Crippen molar-refractivity contribution in [2.45, 2.75) is 38.6 Å². The van der Waals surface area contributed by atoms with Crippen LogP contribution in [-0.4, -0.2) is 60.4 Å². The molecule has 1 atom stereocenters. The highest BCUT2D eigenvalue weighted by atomic mass is 16.2. The summed E-state index contributed by atoms with van der Waals surface area (Å²) in [6, 6.07) is 29.1. The van der Waals surface area contributed by atoms with Crippen molar-refractivity contribution in [3.63, 3.8) is 0 Å². The van der Waals surface area contributed by atoms with Gasteiger partial charge in [-0.05, 0) is 78.9 Å². The maximum absolute atomic E-state index is 14.0. The van der Waals surface area contributed by atoms with Crippen LogP contribution < -0.4 is 4.90 Å². The molecule has 2 aliphatic heterocycles. The summed E-state index contributed by atoms with van der Waals surface area (Å²) in [5.74, 6) is 0.402. The number of carbonyl (C=O) groups excluding carboxylic acids is 2. The van der Waals surface area contributed by atoms with Crippen LogP contribution in [0.1, 0.15) is 43.0 Å². The van der Waals surface area contributed by atoms with Crippen molar-refractivity contribution < 1.29 is 9.59 Å². The maximum atomic E-state index is 14.0. The number of piperidine rings is 2. The third-order valence-corrected chi connectivity index (χ3v) is 8.71. The van der Waals surface area contributed by atoms with E-state index in [0.29, 0.717) is 12.6 Å². The fourth-order valence-electron chi connectivity index (χ4n) is 6.67. The third kappa shape index (κ3) is 5.04. The van der Waals surface area contributed by atoms with E-state index in [-0.39, 0.29) is 17.7 Å². The number of nitrogens with zero attached hydrogens (tertiary/aromatic N) is 3. The molecule has 0 spiro atoms. The van der Waals surface area contributed by atoms with Crippen LogP contribution in [0.25, 0.3) is 21.5 Å². The van der Waals surface area contributed by atoms with Crippen molar-refractivity contribution in [3.8, 4) is 0 Å². The van der Waals surface area contributed by atoms with E-state index >= 15 is 0 Å². The first-order valence-electron chi connectivity index (χ1n) is 14.4. The highest BCUT2D eigenvalue weighted by molar-refractivity contribution is 6.18. The lowest BCUT2D eigenvalue weighted by atomic mass is 9.92.